The van der Waals surface area contributed by atoms with Crippen molar-refractivity contribution in [3.8, 4) is 0 Å². The third-order valence-electron chi connectivity index (χ3n) is 11.7. The van der Waals surface area contributed by atoms with Crippen LogP contribution in [0.25, 0.3) is 0 Å². The maximum atomic E-state index is 9.16. The molecule has 0 bridgehead atoms. The monoisotopic (exact) mass is 1020 g/mol. The molecule has 0 aliphatic carbocycles. The molecule has 22 atom stereocenters. The average Bonchev–Trinajstić information content (AvgIpc) is 4.27. The summed E-state index contributed by atoms with van der Waals surface area (Å²) in [5, 5.41) is 141. The number of fused-ring (bicyclic) bond motifs is 4. The first-order valence-corrected chi connectivity index (χ1v) is 22.3. The van der Waals surface area contributed by atoms with E-state index in [9.17, 15) is 0 Å². The van der Waals surface area contributed by atoms with Crippen LogP contribution in [0, 0.1) is 0 Å². The molecule has 9 heterocycles. The second-order valence-corrected chi connectivity index (χ2v) is 16.6. The van der Waals surface area contributed by atoms with Gasteiger partial charge in [-0.2, -0.15) is 0 Å². The number of rotatable bonds is 10. The van der Waals surface area contributed by atoms with E-state index in [1.54, 1.807) is 0 Å². The van der Waals surface area contributed by atoms with Gasteiger partial charge in [-0.15, -0.1) is 0 Å². The minimum absolute atomic E-state index is 0.0929. The lowest BCUT2D eigenvalue weighted by molar-refractivity contribution is -0.328. The van der Waals surface area contributed by atoms with Crippen molar-refractivity contribution in [2.75, 3.05) is 120 Å². The molecule has 0 aromatic carbocycles. The molecular formula is C40H76O29. The molecule has 0 aromatic heterocycles. The Labute approximate surface area is 397 Å². The first kappa shape index (κ1) is 62.1. The highest BCUT2D eigenvalue weighted by Gasteiger charge is 2.48. The zero-order valence-electron chi connectivity index (χ0n) is 38.5. The van der Waals surface area contributed by atoms with Crippen molar-refractivity contribution in [1.82, 2.24) is 0 Å². The van der Waals surface area contributed by atoms with Crippen molar-refractivity contribution in [1.29, 1.82) is 0 Å². The van der Waals surface area contributed by atoms with E-state index in [2.05, 4.69) is 4.74 Å². The molecule has 29 heteroatoms. The average molecular weight is 1020 g/mol. The van der Waals surface area contributed by atoms with Crippen molar-refractivity contribution in [3.05, 3.63) is 0 Å². The van der Waals surface area contributed by atoms with Gasteiger partial charge in [0.05, 0.1) is 92.5 Å². The summed E-state index contributed by atoms with van der Waals surface area (Å²) in [4.78, 5) is 0. The topological polar surface area (TPSA) is 444 Å². The van der Waals surface area contributed by atoms with Gasteiger partial charge in [-0.05, 0) is 0 Å². The van der Waals surface area contributed by atoms with Crippen molar-refractivity contribution < 1.29 is 143 Å². The summed E-state index contributed by atoms with van der Waals surface area (Å²) in [7, 11) is 2.92. The Morgan fingerprint density at radius 2 is 0.609 bits per heavy atom. The summed E-state index contributed by atoms with van der Waals surface area (Å²) >= 11 is 0. The first-order chi connectivity index (χ1) is 33.0. The predicted molar refractivity (Wildman–Crippen MR) is 223 cm³/mol. The minimum Gasteiger partial charge on any atom is -0.394 e. The molecule has 16 N–H and O–H groups in total. The highest BCUT2D eigenvalue weighted by molar-refractivity contribution is 4.95. The molecule has 9 saturated heterocycles. The Hall–Kier alpha value is -1.16. The van der Waals surface area contributed by atoms with Crippen LogP contribution in [0.5, 0.6) is 0 Å². The Morgan fingerprint density at radius 1 is 0.348 bits per heavy atom. The lowest BCUT2D eigenvalue weighted by Crippen LogP contribution is -2.58. The van der Waals surface area contributed by atoms with Gasteiger partial charge in [0.15, 0.2) is 0 Å². The standard InChI is InChI=1S/C8H14O6.3C6H10O4.C6H14O4.C4H10O4.C4H8O3/c9-1-5-7-8(14-3-11-5)6(2-10)12-4-13-7;3*7-3-1-9-6-4(8)2-10-5(3)6;1-9-5(3-7)6(4-8)10-2;5-1-3(7)4(8)2-6;5-3-1-7-2-4(3)6/h5-10H,1-4H2;3*3-8H,1-2H2;5-8H,3-4H2,1-2H3;3-8H,1-2H2;3-6H,1-2H2/t5-,6+,7-,8-;3-,4+,5-,6-;3-,4-,5+,6+;3-,4-,5-,6-;5-,6?;3-,4-;3-,4+/m110100./s1. The van der Waals surface area contributed by atoms with Gasteiger partial charge >= 0.3 is 0 Å². The SMILES string of the molecule is COC(CO)[C@H](CO)OC.OC[C@@H]1OCO[C@H]2[C@@H]1OCO[C@@H]2CO.OC[C@H](O)[C@@H](O)CO.O[C@@H]1COC[C@@H]1O.O[C@@H]1CO[C@H]2[C@@H]1OC[C@@H]2O.O[C@@H]1CO[C@H]2[C@@H]1OC[C@H]2O.O[C@H]1CO[C@H]2[C@@H]1OC[C@@H]2O. The number of hydrogen-bond donors (Lipinski definition) is 16. The number of aliphatic hydroxyl groups excluding tert-OH is 16. The second-order valence-electron chi connectivity index (χ2n) is 16.6. The van der Waals surface area contributed by atoms with E-state index < -0.39 is 98.7 Å². The molecule has 0 spiro atoms. The summed E-state index contributed by atoms with van der Waals surface area (Å²) in [6.07, 6.45) is -11.2. The first-order valence-electron chi connectivity index (χ1n) is 22.3. The molecule has 0 amide bonds. The van der Waals surface area contributed by atoms with Crippen molar-refractivity contribution in [2.45, 2.75) is 134 Å². The Kier molecular flexibility index (Phi) is 29.6. The summed E-state index contributed by atoms with van der Waals surface area (Å²) in [6.45, 7) is 0.865. The Bertz CT molecular complexity index is 1140. The highest BCUT2D eigenvalue weighted by Crippen LogP contribution is 2.29. The predicted octanol–water partition coefficient (Wildman–Crippen LogP) is -10.6. The molecule has 9 aliphatic rings. The van der Waals surface area contributed by atoms with Crippen molar-refractivity contribution in [2.24, 2.45) is 0 Å². The zero-order chi connectivity index (χ0) is 51.2. The molecule has 69 heavy (non-hydrogen) atoms. The fourth-order valence-electron chi connectivity index (χ4n) is 7.58. The van der Waals surface area contributed by atoms with Crippen LogP contribution in [0.4, 0.5) is 0 Å². The molecule has 0 saturated carbocycles. The third kappa shape index (κ3) is 18.6. The molecule has 9 aliphatic heterocycles. The van der Waals surface area contributed by atoms with Gasteiger partial charge < -0.3 is 143 Å². The molecule has 410 valence electrons. The lowest BCUT2D eigenvalue weighted by atomic mass is 10.0. The van der Waals surface area contributed by atoms with Gasteiger partial charge in [0.25, 0.3) is 0 Å². The number of hydrogen-bond acceptors (Lipinski definition) is 29. The maximum Gasteiger partial charge on any atom is 0.147 e. The van der Waals surface area contributed by atoms with E-state index in [1.807, 2.05) is 0 Å². The van der Waals surface area contributed by atoms with Gasteiger partial charge in [-0.25, -0.2) is 0 Å². The molecule has 0 radical (unpaired) electrons. The van der Waals surface area contributed by atoms with Gasteiger partial charge in [0, 0.05) is 14.2 Å². The highest BCUT2D eigenvalue weighted by atomic mass is 16.8. The number of methoxy groups -OCH3 is 2. The molecule has 0 aromatic rings. The molecule has 9 rings (SSSR count). The molecule has 29 nitrogen and oxygen atoms in total. The van der Waals surface area contributed by atoms with Crippen LogP contribution in [-0.4, -0.2) is 336 Å². The quantitative estimate of drug-likeness (QED) is 0.0966. The largest absolute Gasteiger partial charge is 0.394 e. The van der Waals surface area contributed by atoms with Gasteiger partial charge in [-0.1, -0.05) is 0 Å². The van der Waals surface area contributed by atoms with Crippen molar-refractivity contribution in [3.63, 3.8) is 0 Å². The number of ether oxygens (including phenoxy) is 13. The van der Waals surface area contributed by atoms with Crippen LogP contribution < -0.4 is 0 Å². The fourth-order valence-corrected chi connectivity index (χ4v) is 7.58. The van der Waals surface area contributed by atoms with Crippen LogP contribution in [-0.2, 0) is 61.6 Å². The van der Waals surface area contributed by atoms with E-state index >= 15 is 0 Å². The van der Waals surface area contributed by atoms with Crippen LogP contribution in [0.2, 0.25) is 0 Å². The fraction of sp³-hybridized carbons (Fsp3) is 1.00. The van der Waals surface area contributed by atoms with Gasteiger partial charge in [0.1, 0.15) is 148 Å². The van der Waals surface area contributed by atoms with Gasteiger partial charge in [-0.3, -0.25) is 0 Å². The minimum atomic E-state index is -1.22. The van der Waals surface area contributed by atoms with E-state index in [0.29, 0.717) is 0 Å². The van der Waals surface area contributed by atoms with E-state index in [-0.39, 0.29) is 142 Å². The summed E-state index contributed by atoms with van der Waals surface area (Å²) in [5.41, 5.74) is 0. The van der Waals surface area contributed by atoms with Gasteiger partial charge in [0.2, 0.25) is 0 Å². The number of aliphatic hydroxyl groups is 16. The molecule has 9 fully saturated rings. The van der Waals surface area contributed by atoms with Crippen LogP contribution in [0.15, 0.2) is 0 Å². The van der Waals surface area contributed by atoms with Crippen molar-refractivity contribution >= 4 is 0 Å². The molecule has 1 unspecified atom stereocenters. The smallest absolute Gasteiger partial charge is 0.147 e. The summed E-state index contributed by atoms with van der Waals surface area (Å²) < 4.78 is 65.6. The normalized spacial score (nSPS) is 40.8. The van der Waals surface area contributed by atoms with Crippen LogP contribution >= 0.6 is 0 Å². The lowest BCUT2D eigenvalue weighted by Gasteiger charge is -2.43. The van der Waals surface area contributed by atoms with E-state index in [0.717, 1.165) is 0 Å². The Morgan fingerprint density at radius 3 is 0.783 bits per heavy atom. The summed E-state index contributed by atoms with van der Waals surface area (Å²) in [5.74, 6) is 0. The molecular weight excluding hydrogens is 944 g/mol. The van der Waals surface area contributed by atoms with E-state index in [4.69, 9.17) is 139 Å². The second kappa shape index (κ2) is 32.9. The zero-order valence-corrected chi connectivity index (χ0v) is 38.5. The summed E-state index contributed by atoms with van der Waals surface area (Å²) in [6, 6.07) is 0. The Balaban J connectivity index is 0.000000215. The van der Waals surface area contributed by atoms with Crippen LogP contribution in [0.1, 0.15) is 0 Å². The van der Waals surface area contributed by atoms with Crippen LogP contribution in [0.3, 0.4) is 0 Å². The maximum absolute atomic E-state index is 9.16. The third-order valence-corrected chi connectivity index (χ3v) is 11.7. The van der Waals surface area contributed by atoms with E-state index in [1.165, 1.54) is 14.2 Å².